The van der Waals surface area contributed by atoms with Crippen molar-refractivity contribution in [3.8, 4) is 28.7 Å². The van der Waals surface area contributed by atoms with Crippen LogP contribution in [0.15, 0.2) is 53.3 Å². The third-order valence-electron chi connectivity index (χ3n) is 4.63. The fourth-order valence-corrected chi connectivity index (χ4v) is 3.13. The molecule has 0 radical (unpaired) electrons. The van der Waals surface area contributed by atoms with E-state index in [1.807, 2.05) is 41.1 Å². The van der Waals surface area contributed by atoms with Crippen molar-refractivity contribution >= 4 is 0 Å². The molecule has 4 aromatic rings. The Hall–Kier alpha value is -3.59. The predicted octanol–water partition coefficient (Wildman–Crippen LogP) is 2.67. The lowest BCUT2D eigenvalue weighted by molar-refractivity contribution is -0.00119. The lowest BCUT2D eigenvalue weighted by Crippen LogP contribution is -2.22. The van der Waals surface area contributed by atoms with E-state index in [-0.39, 0.29) is 6.10 Å². The first-order valence-electron chi connectivity index (χ1n) is 8.74. The molecule has 1 atom stereocenters. The zero-order chi connectivity index (χ0) is 18.9. The van der Waals surface area contributed by atoms with E-state index in [1.54, 1.807) is 19.5 Å². The van der Waals surface area contributed by atoms with Crippen LogP contribution in [0.2, 0.25) is 0 Å². The SMILES string of the molecule is COc1ccc([C@@H]2Cn3nnc(-c4nc(-c5cccnc5)no4)c3CO2)cc1. The quantitative estimate of drug-likeness (QED) is 0.536. The zero-order valence-electron chi connectivity index (χ0n) is 15.0. The third-order valence-corrected chi connectivity index (χ3v) is 4.63. The highest BCUT2D eigenvalue weighted by Crippen LogP contribution is 2.31. The maximum absolute atomic E-state index is 6.03. The van der Waals surface area contributed by atoms with Crippen molar-refractivity contribution in [2.24, 2.45) is 0 Å². The molecule has 1 aliphatic rings. The summed E-state index contributed by atoms with van der Waals surface area (Å²) in [4.78, 5) is 8.49. The number of fused-ring (bicyclic) bond motifs is 1. The van der Waals surface area contributed by atoms with Gasteiger partial charge in [0.15, 0.2) is 5.69 Å². The normalized spacial score (nSPS) is 16.0. The molecule has 0 saturated heterocycles. The Morgan fingerprint density at radius 3 is 2.86 bits per heavy atom. The summed E-state index contributed by atoms with van der Waals surface area (Å²) in [5.74, 6) is 1.58. The van der Waals surface area contributed by atoms with Crippen LogP contribution >= 0.6 is 0 Å². The van der Waals surface area contributed by atoms with Crippen LogP contribution in [0.25, 0.3) is 23.0 Å². The number of pyridine rings is 1. The summed E-state index contributed by atoms with van der Waals surface area (Å²) < 4.78 is 18.5. The van der Waals surface area contributed by atoms with Gasteiger partial charge >= 0.3 is 0 Å². The van der Waals surface area contributed by atoms with Crippen molar-refractivity contribution in [1.29, 1.82) is 0 Å². The number of rotatable bonds is 4. The minimum Gasteiger partial charge on any atom is -0.497 e. The average molecular weight is 376 g/mol. The van der Waals surface area contributed by atoms with Crippen LogP contribution in [-0.4, -0.2) is 37.2 Å². The number of hydrogen-bond acceptors (Lipinski definition) is 8. The van der Waals surface area contributed by atoms with Crippen molar-refractivity contribution in [2.45, 2.75) is 19.3 Å². The fourth-order valence-electron chi connectivity index (χ4n) is 3.13. The Balaban J connectivity index is 1.39. The molecule has 0 bridgehead atoms. The highest BCUT2D eigenvalue weighted by atomic mass is 16.5. The van der Waals surface area contributed by atoms with Crippen molar-refractivity contribution in [1.82, 2.24) is 30.1 Å². The topological polar surface area (TPSA) is 101 Å². The summed E-state index contributed by atoms with van der Waals surface area (Å²) in [6.45, 7) is 0.905. The molecule has 5 rings (SSSR count). The largest absolute Gasteiger partial charge is 0.497 e. The molecule has 9 nitrogen and oxygen atoms in total. The summed E-state index contributed by atoms with van der Waals surface area (Å²) in [5, 5.41) is 12.5. The molecule has 28 heavy (non-hydrogen) atoms. The fraction of sp³-hybridized carbons (Fsp3) is 0.211. The molecule has 3 aromatic heterocycles. The van der Waals surface area contributed by atoms with Crippen LogP contribution in [0.3, 0.4) is 0 Å². The molecule has 0 amide bonds. The van der Waals surface area contributed by atoms with Gasteiger partial charge in [-0.3, -0.25) is 4.98 Å². The number of nitrogens with zero attached hydrogens (tertiary/aromatic N) is 6. The van der Waals surface area contributed by atoms with Gasteiger partial charge in [-0.25, -0.2) is 4.68 Å². The Labute approximate surface area is 159 Å². The van der Waals surface area contributed by atoms with Crippen LogP contribution in [0.4, 0.5) is 0 Å². The molecule has 0 N–H and O–H groups in total. The number of benzene rings is 1. The Kier molecular flexibility index (Phi) is 4.06. The maximum Gasteiger partial charge on any atom is 0.280 e. The lowest BCUT2D eigenvalue weighted by atomic mass is 10.1. The standard InChI is InChI=1S/C19H16N6O3/c1-26-14-6-4-12(5-7-14)16-10-25-15(11-27-16)17(22-24-25)19-21-18(23-28-19)13-3-2-8-20-9-13/h2-9,16H,10-11H2,1H3/t16-/m0/s1. The second-order valence-electron chi connectivity index (χ2n) is 6.30. The summed E-state index contributed by atoms with van der Waals surface area (Å²) in [7, 11) is 1.65. The Bertz CT molecular complexity index is 1090. The molecule has 9 heteroatoms. The van der Waals surface area contributed by atoms with Crippen molar-refractivity contribution < 1.29 is 14.0 Å². The molecular weight excluding hydrogens is 360 g/mol. The molecule has 140 valence electrons. The first-order valence-corrected chi connectivity index (χ1v) is 8.74. The number of aromatic nitrogens is 6. The Morgan fingerprint density at radius 2 is 2.07 bits per heavy atom. The van der Waals surface area contributed by atoms with E-state index in [0.717, 1.165) is 22.6 Å². The smallest absolute Gasteiger partial charge is 0.280 e. The van der Waals surface area contributed by atoms with Gasteiger partial charge in [-0.15, -0.1) is 5.10 Å². The van der Waals surface area contributed by atoms with Gasteiger partial charge in [-0.05, 0) is 29.8 Å². The van der Waals surface area contributed by atoms with Crippen LogP contribution < -0.4 is 4.74 Å². The van der Waals surface area contributed by atoms with E-state index >= 15 is 0 Å². The monoisotopic (exact) mass is 376 g/mol. The van der Waals surface area contributed by atoms with Crippen LogP contribution in [0.5, 0.6) is 5.75 Å². The molecule has 0 saturated carbocycles. The second kappa shape index (κ2) is 6.86. The number of ether oxygens (including phenoxy) is 2. The van der Waals surface area contributed by atoms with Gasteiger partial charge in [0.1, 0.15) is 11.9 Å². The second-order valence-corrected chi connectivity index (χ2v) is 6.30. The van der Waals surface area contributed by atoms with E-state index in [1.165, 1.54) is 0 Å². The van der Waals surface area contributed by atoms with Gasteiger partial charge in [0.2, 0.25) is 5.82 Å². The maximum atomic E-state index is 6.03. The molecule has 1 aromatic carbocycles. The van der Waals surface area contributed by atoms with E-state index in [4.69, 9.17) is 14.0 Å². The molecule has 0 spiro atoms. The highest BCUT2D eigenvalue weighted by molar-refractivity contribution is 5.57. The predicted molar refractivity (Wildman–Crippen MR) is 97.1 cm³/mol. The molecular formula is C19H16N6O3. The zero-order valence-corrected chi connectivity index (χ0v) is 15.0. The summed E-state index contributed by atoms with van der Waals surface area (Å²) in [6.07, 6.45) is 3.26. The first kappa shape index (κ1) is 16.6. The molecule has 0 aliphatic carbocycles. The van der Waals surface area contributed by atoms with E-state index in [9.17, 15) is 0 Å². The number of methoxy groups -OCH3 is 1. The highest BCUT2D eigenvalue weighted by Gasteiger charge is 2.28. The summed E-state index contributed by atoms with van der Waals surface area (Å²) >= 11 is 0. The molecule has 1 aliphatic heterocycles. The van der Waals surface area contributed by atoms with Crippen LogP contribution in [-0.2, 0) is 17.9 Å². The van der Waals surface area contributed by atoms with Crippen LogP contribution in [0.1, 0.15) is 17.4 Å². The molecule has 0 fully saturated rings. The van der Waals surface area contributed by atoms with Crippen molar-refractivity contribution in [3.63, 3.8) is 0 Å². The summed E-state index contributed by atoms with van der Waals surface area (Å²) in [5.41, 5.74) is 3.18. The first-order chi connectivity index (χ1) is 13.8. The van der Waals surface area contributed by atoms with E-state index in [2.05, 4.69) is 25.4 Å². The Morgan fingerprint density at radius 1 is 1.18 bits per heavy atom. The van der Waals surface area contributed by atoms with Gasteiger partial charge in [0.05, 0.1) is 26.0 Å². The van der Waals surface area contributed by atoms with Crippen molar-refractivity contribution in [3.05, 3.63) is 60.0 Å². The van der Waals surface area contributed by atoms with Gasteiger partial charge in [0.25, 0.3) is 5.89 Å². The minimum absolute atomic E-state index is 0.110. The third kappa shape index (κ3) is 2.91. The summed E-state index contributed by atoms with van der Waals surface area (Å²) in [6, 6.07) is 11.5. The van der Waals surface area contributed by atoms with Crippen molar-refractivity contribution in [2.75, 3.05) is 7.11 Å². The lowest BCUT2D eigenvalue weighted by Gasteiger charge is -2.24. The van der Waals surface area contributed by atoms with Gasteiger partial charge in [0, 0.05) is 18.0 Å². The van der Waals surface area contributed by atoms with E-state index in [0.29, 0.717) is 30.6 Å². The number of hydrogen-bond donors (Lipinski definition) is 0. The molecule has 4 heterocycles. The van der Waals surface area contributed by atoms with Crippen LogP contribution in [0, 0.1) is 0 Å². The average Bonchev–Trinajstić information content (AvgIpc) is 3.41. The van der Waals surface area contributed by atoms with Gasteiger partial charge in [-0.2, -0.15) is 4.98 Å². The van der Waals surface area contributed by atoms with Gasteiger partial charge in [-0.1, -0.05) is 22.5 Å². The van der Waals surface area contributed by atoms with Gasteiger partial charge < -0.3 is 14.0 Å². The molecule has 0 unspecified atom stereocenters. The minimum atomic E-state index is -0.110. The van der Waals surface area contributed by atoms with E-state index < -0.39 is 0 Å².